The van der Waals surface area contributed by atoms with Gasteiger partial charge in [0.2, 0.25) is 0 Å². The molecule has 22 heavy (non-hydrogen) atoms. The lowest BCUT2D eigenvalue weighted by Crippen LogP contribution is -1.90. The summed E-state index contributed by atoms with van der Waals surface area (Å²) in [7, 11) is 0. The number of nitrogens with one attached hydrogen (secondary N) is 1. The van der Waals surface area contributed by atoms with Crippen LogP contribution >= 0.6 is 0 Å². The molecule has 3 rings (SSSR count). The Bertz CT molecular complexity index is 825. The molecule has 0 aliphatic rings. The maximum atomic E-state index is 9.99. The summed E-state index contributed by atoms with van der Waals surface area (Å²) in [6, 6.07) is 10.3. The SMILES string of the molecule is Cc1ccc(C)c(Oc2cn[nH]c2-c2ccc(O)cc2O)c1. The average molecular weight is 296 g/mol. The molecule has 3 N–H and O–H groups in total. The van der Waals surface area contributed by atoms with Gasteiger partial charge < -0.3 is 14.9 Å². The Kier molecular flexibility index (Phi) is 3.47. The molecule has 0 radical (unpaired) electrons. The van der Waals surface area contributed by atoms with Crippen LogP contribution in [-0.4, -0.2) is 20.4 Å². The summed E-state index contributed by atoms with van der Waals surface area (Å²) < 4.78 is 5.93. The van der Waals surface area contributed by atoms with E-state index in [4.69, 9.17) is 4.74 Å². The first kappa shape index (κ1) is 14.0. The molecule has 1 aromatic heterocycles. The summed E-state index contributed by atoms with van der Waals surface area (Å²) in [5.41, 5.74) is 3.17. The fourth-order valence-electron chi connectivity index (χ4n) is 2.21. The summed E-state index contributed by atoms with van der Waals surface area (Å²) in [6.45, 7) is 3.96. The Morgan fingerprint density at radius 1 is 1.00 bits per heavy atom. The van der Waals surface area contributed by atoms with Crippen LogP contribution in [0.5, 0.6) is 23.0 Å². The van der Waals surface area contributed by atoms with E-state index in [2.05, 4.69) is 10.2 Å². The Morgan fingerprint density at radius 2 is 1.82 bits per heavy atom. The van der Waals surface area contributed by atoms with Gasteiger partial charge >= 0.3 is 0 Å². The number of hydrogen-bond donors (Lipinski definition) is 3. The quantitative estimate of drug-likeness (QED) is 0.685. The predicted molar refractivity (Wildman–Crippen MR) is 83.3 cm³/mol. The topological polar surface area (TPSA) is 78.4 Å². The molecular weight excluding hydrogens is 280 g/mol. The maximum Gasteiger partial charge on any atom is 0.173 e. The number of rotatable bonds is 3. The molecule has 3 aromatic rings. The Hall–Kier alpha value is -2.95. The highest BCUT2D eigenvalue weighted by Crippen LogP contribution is 2.38. The van der Waals surface area contributed by atoms with E-state index in [1.807, 2.05) is 32.0 Å². The molecule has 5 heteroatoms. The summed E-state index contributed by atoms with van der Waals surface area (Å²) in [5, 5.41) is 26.2. The third kappa shape index (κ3) is 2.61. The lowest BCUT2D eigenvalue weighted by atomic mass is 10.1. The van der Waals surface area contributed by atoms with Gasteiger partial charge in [-0.15, -0.1) is 0 Å². The molecular formula is C17H16N2O3. The van der Waals surface area contributed by atoms with Gasteiger partial charge in [-0.2, -0.15) is 5.10 Å². The van der Waals surface area contributed by atoms with Crippen molar-refractivity contribution < 1.29 is 14.9 Å². The van der Waals surface area contributed by atoms with Gasteiger partial charge in [0, 0.05) is 11.6 Å². The number of ether oxygens (including phenoxy) is 1. The van der Waals surface area contributed by atoms with Gasteiger partial charge in [-0.05, 0) is 43.2 Å². The fraction of sp³-hybridized carbons (Fsp3) is 0.118. The number of nitrogens with zero attached hydrogens (tertiary/aromatic N) is 1. The van der Waals surface area contributed by atoms with Crippen molar-refractivity contribution in [1.29, 1.82) is 0 Å². The van der Waals surface area contributed by atoms with Gasteiger partial charge in [-0.1, -0.05) is 12.1 Å². The first-order valence-electron chi connectivity index (χ1n) is 6.85. The van der Waals surface area contributed by atoms with Crippen LogP contribution < -0.4 is 4.74 Å². The smallest absolute Gasteiger partial charge is 0.173 e. The second-order valence-electron chi connectivity index (χ2n) is 5.18. The van der Waals surface area contributed by atoms with Crippen molar-refractivity contribution in [2.75, 3.05) is 0 Å². The summed E-state index contributed by atoms with van der Waals surface area (Å²) >= 11 is 0. The molecule has 1 heterocycles. The Labute approximate surface area is 127 Å². The molecule has 0 fully saturated rings. The van der Waals surface area contributed by atoms with Gasteiger partial charge in [0.1, 0.15) is 22.9 Å². The van der Waals surface area contributed by atoms with Crippen molar-refractivity contribution in [1.82, 2.24) is 10.2 Å². The molecule has 0 atom stereocenters. The van der Waals surface area contributed by atoms with Crippen LogP contribution in [0.3, 0.4) is 0 Å². The second kappa shape index (κ2) is 5.44. The van der Waals surface area contributed by atoms with E-state index in [1.54, 1.807) is 12.3 Å². The van der Waals surface area contributed by atoms with E-state index < -0.39 is 0 Å². The van der Waals surface area contributed by atoms with Gasteiger partial charge in [-0.25, -0.2) is 0 Å². The van der Waals surface area contributed by atoms with Crippen molar-refractivity contribution in [2.24, 2.45) is 0 Å². The van der Waals surface area contributed by atoms with E-state index in [1.165, 1.54) is 12.1 Å². The van der Waals surface area contributed by atoms with Crippen LogP contribution in [0.2, 0.25) is 0 Å². The third-order valence-corrected chi connectivity index (χ3v) is 3.42. The predicted octanol–water partition coefficient (Wildman–Crippen LogP) is 3.90. The van der Waals surface area contributed by atoms with Gasteiger partial charge in [0.25, 0.3) is 0 Å². The highest BCUT2D eigenvalue weighted by Gasteiger charge is 2.15. The largest absolute Gasteiger partial charge is 0.508 e. The van der Waals surface area contributed by atoms with Crippen molar-refractivity contribution in [3.8, 4) is 34.3 Å². The van der Waals surface area contributed by atoms with Crippen LogP contribution in [0.25, 0.3) is 11.3 Å². The summed E-state index contributed by atoms with van der Waals surface area (Å²) in [5.74, 6) is 1.20. The molecule has 0 bridgehead atoms. The molecule has 0 saturated carbocycles. The zero-order valence-electron chi connectivity index (χ0n) is 12.3. The number of hydrogen-bond acceptors (Lipinski definition) is 4. The molecule has 0 saturated heterocycles. The minimum atomic E-state index is -0.0462. The number of phenols is 2. The Morgan fingerprint density at radius 3 is 2.59 bits per heavy atom. The van der Waals surface area contributed by atoms with Crippen molar-refractivity contribution >= 4 is 0 Å². The van der Waals surface area contributed by atoms with Crippen molar-refractivity contribution in [2.45, 2.75) is 13.8 Å². The molecule has 0 amide bonds. The lowest BCUT2D eigenvalue weighted by molar-refractivity contribution is 0.450. The van der Waals surface area contributed by atoms with Crippen LogP contribution in [-0.2, 0) is 0 Å². The molecule has 0 spiro atoms. The number of aromatic hydroxyl groups is 2. The zero-order valence-corrected chi connectivity index (χ0v) is 12.3. The molecule has 112 valence electrons. The van der Waals surface area contributed by atoms with Crippen molar-refractivity contribution in [3.05, 3.63) is 53.7 Å². The van der Waals surface area contributed by atoms with E-state index in [0.717, 1.165) is 16.9 Å². The summed E-state index contributed by atoms with van der Waals surface area (Å²) in [4.78, 5) is 0. The maximum absolute atomic E-state index is 9.99. The highest BCUT2D eigenvalue weighted by atomic mass is 16.5. The molecule has 5 nitrogen and oxygen atoms in total. The molecule has 2 aromatic carbocycles. The number of phenolic OH excluding ortho intramolecular Hbond substituents is 2. The zero-order chi connectivity index (χ0) is 15.7. The monoisotopic (exact) mass is 296 g/mol. The van der Waals surface area contributed by atoms with Crippen molar-refractivity contribution in [3.63, 3.8) is 0 Å². The van der Waals surface area contributed by atoms with Gasteiger partial charge in [-0.3, -0.25) is 5.10 Å². The number of aryl methyl sites for hydroxylation is 2. The van der Waals surface area contributed by atoms with E-state index >= 15 is 0 Å². The third-order valence-electron chi connectivity index (χ3n) is 3.42. The second-order valence-corrected chi connectivity index (χ2v) is 5.18. The first-order valence-corrected chi connectivity index (χ1v) is 6.85. The lowest BCUT2D eigenvalue weighted by Gasteiger charge is -2.10. The van der Waals surface area contributed by atoms with Crippen LogP contribution in [0.15, 0.2) is 42.6 Å². The van der Waals surface area contributed by atoms with E-state index in [9.17, 15) is 10.2 Å². The molecule has 0 aliphatic heterocycles. The number of benzene rings is 2. The van der Waals surface area contributed by atoms with E-state index in [-0.39, 0.29) is 11.5 Å². The standard InChI is InChI=1S/C17H16N2O3/c1-10-3-4-11(2)15(7-10)22-16-9-18-19-17(16)13-6-5-12(20)8-14(13)21/h3-9,20-21H,1-2H3,(H,18,19). The fourth-order valence-corrected chi connectivity index (χ4v) is 2.21. The van der Waals surface area contributed by atoms with Gasteiger partial charge in [0.05, 0.1) is 6.20 Å². The average Bonchev–Trinajstić information content (AvgIpc) is 2.91. The number of aromatic nitrogens is 2. The highest BCUT2D eigenvalue weighted by molar-refractivity contribution is 5.73. The summed E-state index contributed by atoms with van der Waals surface area (Å²) in [6.07, 6.45) is 1.56. The van der Waals surface area contributed by atoms with Crippen LogP contribution in [0.1, 0.15) is 11.1 Å². The molecule has 0 unspecified atom stereocenters. The van der Waals surface area contributed by atoms with Crippen LogP contribution in [0, 0.1) is 13.8 Å². The van der Waals surface area contributed by atoms with Gasteiger partial charge in [0.15, 0.2) is 5.75 Å². The van der Waals surface area contributed by atoms with E-state index in [0.29, 0.717) is 17.0 Å². The number of H-pyrrole nitrogens is 1. The minimum absolute atomic E-state index is 0.00207. The number of aromatic amines is 1. The normalized spacial score (nSPS) is 10.6. The van der Waals surface area contributed by atoms with Crippen LogP contribution in [0.4, 0.5) is 0 Å². The molecule has 0 aliphatic carbocycles. The Balaban J connectivity index is 2.00. The minimum Gasteiger partial charge on any atom is -0.508 e. The first-order chi connectivity index (χ1) is 10.5.